The molecule has 0 aliphatic carbocycles. The number of hydrogen-bond acceptors (Lipinski definition) is 4. The molecule has 1 saturated heterocycles. The first-order valence-corrected chi connectivity index (χ1v) is 10.6. The molecule has 2 N–H and O–H groups in total. The molecule has 1 unspecified atom stereocenters. The first-order chi connectivity index (χ1) is 15.2. The van der Waals surface area contributed by atoms with Gasteiger partial charge in [-0.3, -0.25) is 14.5 Å². The second-order valence-corrected chi connectivity index (χ2v) is 7.72. The maximum absolute atomic E-state index is 12.5. The zero-order valence-corrected chi connectivity index (χ0v) is 17.4. The highest BCUT2D eigenvalue weighted by Gasteiger charge is 2.31. The van der Waals surface area contributed by atoms with Crippen LogP contribution in [0, 0.1) is 0 Å². The molecular formula is C25H27N3O3. The Labute approximate surface area is 182 Å². The van der Waals surface area contributed by atoms with Crippen LogP contribution in [0.1, 0.15) is 17.7 Å². The highest BCUT2D eigenvalue weighted by atomic mass is 16.3. The van der Waals surface area contributed by atoms with Gasteiger partial charge in [0.05, 0.1) is 18.7 Å². The summed E-state index contributed by atoms with van der Waals surface area (Å²) in [7, 11) is 0. The molecule has 1 fully saturated rings. The molecular weight excluding hydrogens is 390 g/mol. The van der Waals surface area contributed by atoms with Crippen molar-refractivity contribution in [3.8, 4) is 11.1 Å². The maximum Gasteiger partial charge on any atom is 0.237 e. The predicted octanol–water partition coefficient (Wildman–Crippen LogP) is 3.00. The first kappa shape index (κ1) is 20.9. The van der Waals surface area contributed by atoms with Crippen LogP contribution < -0.4 is 10.6 Å². The highest BCUT2D eigenvalue weighted by molar-refractivity contribution is 5.88. The van der Waals surface area contributed by atoms with Gasteiger partial charge in [-0.1, -0.05) is 54.6 Å². The Morgan fingerprint density at radius 1 is 1.03 bits per heavy atom. The first-order valence-electron chi connectivity index (χ1n) is 10.6. The summed E-state index contributed by atoms with van der Waals surface area (Å²) in [6, 6.07) is 21.9. The smallest absolute Gasteiger partial charge is 0.237 e. The summed E-state index contributed by atoms with van der Waals surface area (Å²) < 4.78 is 5.28. The Balaban J connectivity index is 1.34. The zero-order chi connectivity index (χ0) is 21.5. The predicted molar refractivity (Wildman–Crippen MR) is 119 cm³/mol. The molecule has 1 aliphatic rings. The van der Waals surface area contributed by atoms with E-state index >= 15 is 0 Å². The van der Waals surface area contributed by atoms with E-state index in [9.17, 15) is 9.59 Å². The number of nitrogens with zero attached hydrogens (tertiary/aromatic N) is 1. The van der Waals surface area contributed by atoms with Crippen molar-refractivity contribution >= 4 is 11.8 Å². The number of furan rings is 1. The lowest BCUT2D eigenvalue weighted by Crippen LogP contribution is -2.56. The standard InChI is InChI=1S/C25H27N3O3/c29-24(26-13-12-22-7-4-16-31-22)17-23-25(30)27-14-15-28(23)18-19-8-10-21(11-9-19)20-5-2-1-3-6-20/h1-11,16,23H,12-15,17-18H2,(H,26,29)(H,27,30). The van der Waals surface area contributed by atoms with Gasteiger partial charge < -0.3 is 15.1 Å². The lowest BCUT2D eigenvalue weighted by Gasteiger charge is -2.34. The van der Waals surface area contributed by atoms with E-state index in [1.165, 1.54) is 5.56 Å². The van der Waals surface area contributed by atoms with Crippen LogP contribution in [0.2, 0.25) is 0 Å². The van der Waals surface area contributed by atoms with Crippen molar-refractivity contribution in [3.63, 3.8) is 0 Å². The summed E-state index contributed by atoms with van der Waals surface area (Å²) in [4.78, 5) is 27.0. The number of rotatable bonds is 8. The fourth-order valence-electron chi connectivity index (χ4n) is 3.87. The van der Waals surface area contributed by atoms with E-state index in [1.807, 2.05) is 30.3 Å². The van der Waals surface area contributed by atoms with Crippen LogP contribution >= 0.6 is 0 Å². The van der Waals surface area contributed by atoms with Crippen LogP contribution in [0.25, 0.3) is 11.1 Å². The van der Waals surface area contributed by atoms with Crippen molar-refractivity contribution in [2.24, 2.45) is 0 Å². The van der Waals surface area contributed by atoms with Gasteiger partial charge in [0, 0.05) is 32.6 Å². The average molecular weight is 418 g/mol. The van der Waals surface area contributed by atoms with Crippen LogP contribution in [0.3, 0.4) is 0 Å². The molecule has 2 heterocycles. The molecule has 0 bridgehead atoms. The molecule has 1 aliphatic heterocycles. The SMILES string of the molecule is O=C(CC1C(=O)NCCN1Cc1ccc(-c2ccccc2)cc1)NCCc1ccco1. The number of benzene rings is 2. The Morgan fingerprint density at radius 2 is 1.81 bits per heavy atom. The van der Waals surface area contributed by atoms with E-state index in [0.717, 1.165) is 23.4 Å². The van der Waals surface area contributed by atoms with Gasteiger partial charge in [0.25, 0.3) is 0 Å². The minimum atomic E-state index is -0.467. The van der Waals surface area contributed by atoms with Crippen molar-refractivity contribution in [3.05, 3.63) is 84.3 Å². The fourth-order valence-corrected chi connectivity index (χ4v) is 3.87. The van der Waals surface area contributed by atoms with Crippen LogP contribution in [-0.4, -0.2) is 42.4 Å². The van der Waals surface area contributed by atoms with E-state index in [4.69, 9.17) is 4.42 Å². The molecule has 6 nitrogen and oxygen atoms in total. The molecule has 0 spiro atoms. The Hall–Kier alpha value is -3.38. The Kier molecular flexibility index (Phi) is 6.79. The lowest BCUT2D eigenvalue weighted by molar-refractivity contribution is -0.134. The molecule has 1 aromatic heterocycles. The molecule has 0 saturated carbocycles. The summed E-state index contributed by atoms with van der Waals surface area (Å²) in [5.74, 6) is 0.614. The number of carbonyl (C=O) groups excluding carboxylic acids is 2. The zero-order valence-electron chi connectivity index (χ0n) is 17.4. The summed E-state index contributed by atoms with van der Waals surface area (Å²) in [5, 5.41) is 5.78. The van der Waals surface area contributed by atoms with Crippen LogP contribution in [0.4, 0.5) is 0 Å². The summed E-state index contributed by atoms with van der Waals surface area (Å²) >= 11 is 0. The van der Waals surface area contributed by atoms with Gasteiger partial charge in [0.2, 0.25) is 11.8 Å². The molecule has 1 atom stereocenters. The van der Waals surface area contributed by atoms with E-state index < -0.39 is 6.04 Å². The Bertz CT molecular complexity index is 985. The van der Waals surface area contributed by atoms with Gasteiger partial charge in [-0.25, -0.2) is 0 Å². The number of carbonyl (C=O) groups is 2. The van der Waals surface area contributed by atoms with Crippen LogP contribution in [-0.2, 0) is 22.6 Å². The molecule has 0 radical (unpaired) electrons. The third kappa shape index (κ3) is 5.61. The summed E-state index contributed by atoms with van der Waals surface area (Å²) in [6.45, 7) is 2.43. The molecule has 6 heteroatoms. The molecule has 31 heavy (non-hydrogen) atoms. The number of amides is 2. The number of piperazine rings is 1. The van der Waals surface area contributed by atoms with Gasteiger partial charge >= 0.3 is 0 Å². The van der Waals surface area contributed by atoms with Crippen molar-refractivity contribution in [2.45, 2.75) is 25.4 Å². The minimum Gasteiger partial charge on any atom is -0.469 e. The third-order valence-corrected chi connectivity index (χ3v) is 5.54. The lowest BCUT2D eigenvalue weighted by atomic mass is 10.0. The minimum absolute atomic E-state index is 0.0895. The molecule has 2 amide bonds. The van der Waals surface area contributed by atoms with Crippen LogP contribution in [0.15, 0.2) is 77.4 Å². The van der Waals surface area contributed by atoms with Crippen molar-refractivity contribution in [2.75, 3.05) is 19.6 Å². The van der Waals surface area contributed by atoms with Gasteiger partial charge in [-0.15, -0.1) is 0 Å². The van der Waals surface area contributed by atoms with E-state index in [0.29, 0.717) is 26.1 Å². The van der Waals surface area contributed by atoms with E-state index in [2.05, 4.69) is 51.9 Å². The normalized spacial score (nSPS) is 16.6. The van der Waals surface area contributed by atoms with Crippen molar-refractivity contribution in [1.29, 1.82) is 0 Å². The molecule has 4 rings (SSSR count). The largest absolute Gasteiger partial charge is 0.469 e. The second kappa shape index (κ2) is 10.1. The molecule has 2 aromatic carbocycles. The number of hydrogen-bond donors (Lipinski definition) is 2. The van der Waals surface area contributed by atoms with Crippen molar-refractivity contribution < 1.29 is 14.0 Å². The van der Waals surface area contributed by atoms with Crippen LogP contribution in [0.5, 0.6) is 0 Å². The highest BCUT2D eigenvalue weighted by Crippen LogP contribution is 2.21. The molecule has 160 valence electrons. The van der Waals surface area contributed by atoms with Gasteiger partial charge in [0.15, 0.2) is 0 Å². The summed E-state index contributed by atoms with van der Waals surface area (Å²) in [5.41, 5.74) is 3.46. The van der Waals surface area contributed by atoms with Crippen molar-refractivity contribution in [1.82, 2.24) is 15.5 Å². The third-order valence-electron chi connectivity index (χ3n) is 5.54. The quantitative estimate of drug-likeness (QED) is 0.591. The Morgan fingerprint density at radius 3 is 2.55 bits per heavy atom. The van der Waals surface area contributed by atoms with Gasteiger partial charge in [0.1, 0.15) is 5.76 Å². The average Bonchev–Trinajstić information content (AvgIpc) is 3.31. The summed E-state index contributed by atoms with van der Waals surface area (Å²) in [6.07, 6.45) is 2.40. The number of nitrogens with one attached hydrogen (secondary N) is 2. The maximum atomic E-state index is 12.5. The molecule has 3 aromatic rings. The monoisotopic (exact) mass is 417 g/mol. The van der Waals surface area contributed by atoms with E-state index in [-0.39, 0.29) is 18.2 Å². The van der Waals surface area contributed by atoms with Gasteiger partial charge in [-0.05, 0) is 28.8 Å². The van der Waals surface area contributed by atoms with E-state index in [1.54, 1.807) is 6.26 Å². The van der Waals surface area contributed by atoms with Gasteiger partial charge in [-0.2, -0.15) is 0 Å². The topological polar surface area (TPSA) is 74.6 Å². The second-order valence-electron chi connectivity index (χ2n) is 7.72. The fraction of sp³-hybridized carbons (Fsp3) is 0.280.